The van der Waals surface area contributed by atoms with Gasteiger partial charge in [-0.25, -0.2) is 4.98 Å². The minimum atomic E-state index is 0.730. The minimum Gasteiger partial charge on any atom is -0.248 e. The first kappa shape index (κ1) is 9.26. The molecule has 0 atom stereocenters. The predicted molar refractivity (Wildman–Crippen MR) is 59.5 cm³/mol. The zero-order chi connectivity index (χ0) is 9.80. The number of aromatic nitrogens is 1. The summed E-state index contributed by atoms with van der Waals surface area (Å²) in [6, 6.07) is 7.55. The van der Waals surface area contributed by atoms with Crippen LogP contribution in [0.25, 0.3) is 0 Å². The van der Waals surface area contributed by atoms with E-state index in [9.17, 15) is 0 Å². The van der Waals surface area contributed by atoms with Crippen LogP contribution in [-0.4, -0.2) is 4.98 Å². The van der Waals surface area contributed by atoms with E-state index in [1.54, 1.807) is 6.20 Å². The molecule has 2 heterocycles. The fraction of sp³-hybridized carbons (Fsp3) is 0. The molecule has 0 fully saturated rings. The van der Waals surface area contributed by atoms with Crippen LogP contribution in [0.4, 0.5) is 0 Å². The van der Waals surface area contributed by atoms with Crippen LogP contribution >= 0.6 is 22.9 Å². The van der Waals surface area contributed by atoms with Gasteiger partial charge in [-0.2, -0.15) is 0 Å². The molecule has 0 N–H and O–H groups in total. The molecule has 0 unspecified atom stereocenters. The minimum absolute atomic E-state index is 0.730. The molecule has 0 aliphatic rings. The summed E-state index contributed by atoms with van der Waals surface area (Å²) in [5.41, 5.74) is 1.62. The summed E-state index contributed by atoms with van der Waals surface area (Å²) in [5.74, 6) is 5.92. The quantitative estimate of drug-likeness (QED) is 0.620. The van der Waals surface area contributed by atoms with Crippen LogP contribution in [0.2, 0.25) is 4.34 Å². The van der Waals surface area contributed by atoms with Crippen LogP contribution in [0.15, 0.2) is 35.8 Å². The lowest BCUT2D eigenvalue weighted by atomic mass is 10.3. The van der Waals surface area contributed by atoms with E-state index in [4.69, 9.17) is 11.6 Å². The van der Waals surface area contributed by atoms with E-state index in [1.807, 2.05) is 29.6 Å². The Labute approximate surface area is 91.4 Å². The van der Waals surface area contributed by atoms with Crippen molar-refractivity contribution in [1.82, 2.24) is 4.98 Å². The van der Waals surface area contributed by atoms with Crippen LogP contribution < -0.4 is 0 Å². The zero-order valence-electron chi connectivity index (χ0n) is 7.20. The van der Waals surface area contributed by atoms with Gasteiger partial charge in [0.1, 0.15) is 10.0 Å². The van der Waals surface area contributed by atoms with Crippen molar-refractivity contribution >= 4 is 22.9 Å². The smallest absolute Gasteiger partial charge is 0.113 e. The topological polar surface area (TPSA) is 12.9 Å². The molecule has 2 aromatic heterocycles. The Morgan fingerprint density at radius 3 is 2.79 bits per heavy atom. The van der Waals surface area contributed by atoms with E-state index in [0.717, 1.165) is 15.6 Å². The molecule has 0 aromatic carbocycles. The molecule has 14 heavy (non-hydrogen) atoms. The van der Waals surface area contributed by atoms with Gasteiger partial charge in [0.25, 0.3) is 0 Å². The monoisotopic (exact) mass is 219 g/mol. The lowest BCUT2D eigenvalue weighted by molar-refractivity contribution is 1.29. The molecule has 2 rings (SSSR count). The van der Waals surface area contributed by atoms with E-state index < -0.39 is 0 Å². The molecule has 0 spiro atoms. The summed E-state index contributed by atoms with van der Waals surface area (Å²) in [6.07, 6.45) is 1.72. The van der Waals surface area contributed by atoms with Crippen LogP contribution in [-0.2, 0) is 0 Å². The van der Waals surface area contributed by atoms with Crippen molar-refractivity contribution < 1.29 is 0 Å². The van der Waals surface area contributed by atoms with Crippen molar-refractivity contribution in [1.29, 1.82) is 0 Å². The number of pyridine rings is 1. The maximum absolute atomic E-state index is 5.90. The molecular weight excluding hydrogens is 214 g/mol. The van der Waals surface area contributed by atoms with Crippen LogP contribution in [0.1, 0.15) is 11.3 Å². The molecule has 0 saturated heterocycles. The predicted octanol–water partition coefficient (Wildman–Crippen LogP) is 3.20. The third-order valence-electron chi connectivity index (χ3n) is 1.61. The van der Waals surface area contributed by atoms with Gasteiger partial charge in [0.05, 0.1) is 5.56 Å². The van der Waals surface area contributed by atoms with E-state index >= 15 is 0 Å². The average Bonchev–Trinajstić information content (AvgIpc) is 2.63. The number of nitrogens with zero attached hydrogens (tertiary/aromatic N) is 1. The normalized spacial score (nSPS) is 9.21. The molecule has 2 aromatic rings. The van der Waals surface area contributed by atoms with Gasteiger partial charge in [0.15, 0.2) is 0 Å². The first-order valence-electron chi connectivity index (χ1n) is 4.02. The lowest BCUT2D eigenvalue weighted by Crippen LogP contribution is -1.78. The maximum atomic E-state index is 5.90. The van der Waals surface area contributed by atoms with Crippen molar-refractivity contribution in [2.45, 2.75) is 0 Å². The highest BCUT2D eigenvalue weighted by Gasteiger charge is 1.95. The van der Waals surface area contributed by atoms with Gasteiger partial charge in [0, 0.05) is 6.20 Å². The Morgan fingerprint density at radius 2 is 2.14 bits per heavy atom. The highest BCUT2D eigenvalue weighted by Crippen LogP contribution is 2.21. The molecule has 0 amide bonds. The van der Waals surface area contributed by atoms with Crippen molar-refractivity contribution in [3.8, 4) is 11.8 Å². The van der Waals surface area contributed by atoms with Crippen molar-refractivity contribution in [3.63, 3.8) is 0 Å². The third kappa shape index (κ3) is 2.14. The van der Waals surface area contributed by atoms with Crippen molar-refractivity contribution in [2.24, 2.45) is 0 Å². The third-order valence-corrected chi connectivity index (χ3v) is 2.78. The molecular formula is C11H6ClNS. The molecule has 0 aliphatic heterocycles. The van der Waals surface area contributed by atoms with Crippen LogP contribution in [0.5, 0.6) is 0 Å². The highest BCUT2D eigenvalue weighted by atomic mass is 35.5. The molecule has 0 aliphatic carbocycles. The van der Waals surface area contributed by atoms with Gasteiger partial charge in [-0.15, -0.1) is 11.3 Å². The van der Waals surface area contributed by atoms with Gasteiger partial charge in [-0.1, -0.05) is 23.6 Å². The van der Waals surface area contributed by atoms with Gasteiger partial charge in [-0.05, 0) is 29.5 Å². The first-order valence-corrected chi connectivity index (χ1v) is 5.28. The molecule has 1 nitrogen and oxygen atoms in total. The summed E-state index contributed by atoms with van der Waals surface area (Å²) in [5, 5.41) is 1.92. The van der Waals surface area contributed by atoms with Gasteiger partial charge >= 0.3 is 0 Å². The SMILES string of the molecule is Clc1sccc1C#Cc1ccccn1. The Bertz CT molecular complexity index is 479. The Balaban J connectivity index is 2.28. The Kier molecular flexibility index (Phi) is 2.83. The summed E-state index contributed by atoms with van der Waals surface area (Å²) >= 11 is 7.38. The summed E-state index contributed by atoms with van der Waals surface area (Å²) in [6.45, 7) is 0. The second-order valence-corrected chi connectivity index (χ2v) is 4.09. The number of hydrogen-bond acceptors (Lipinski definition) is 2. The summed E-state index contributed by atoms with van der Waals surface area (Å²) in [4.78, 5) is 4.09. The zero-order valence-corrected chi connectivity index (χ0v) is 8.77. The van der Waals surface area contributed by atoms with Gasteiger partial charge in [0.2, 0.25) is 0 Å². The molecule has 0 radical (unpaired) electrons. The highest BCUT2D eigenvalue weighted by molar-refractivity contribution is 7.14. The number of thiophene rings is 1. The molecule has 0 saturated carbocycles. The van der Waals surface area contributed by atoms with Gasteiger partial charge in [-0.3, -0.25) is 0 Å². The fourth-order valence-corrected chi connectivity index (χ4v) is 1.78. The van der Waals surface area contributed by atoms with E-state index in [1.165, 1.54) is 11.3 Å². The van der Waals surface area contributed by atoms with Crippen molar-refractivity contribution in [2.75, 3.05) is 0 Å². The summed E-state index contributed by atoms with van der Waals surface area (Å²) < 4.78 is 0.730. The summed E-state index contributed by atoms with van der Waals surface area (Å²) in [7, 11) is 0. The maximum Gasteiger partial charge on any atom is 0.113 e. The Morgan fingerprint density at radius 1 is 1.21 bits per heavy atom. The lowest BCUT2D eigenvalue weighted by Gasteiger charge is -1.85. The molecule has 68 valence electrons. The standard InChI is InChI=1S/C11H6ClNS/c12-11-9(6-8-14-11)4-5-10-3-1-2-7-13-10/h1-3,6-8H. The second-order valence-electron chi connectivity index (χ2n) is 2.57. The Hall–Kier alpha value is -1.30. The fourth-order valence-electron chi connectivity index (χ4n) is 0.950. The average molecular weight is 220 g/mol. The van der Waals surface area contributed by atoms with Crippen LogP contribution in [0, 0.1) is 11.8 Å². The van der Waals surface area contributed by atoms with E-state index in [-0.39, 0.29) is 0 Å². The second kappa shape index (κ2) is 4.28. The number of halogens is 1. The van der Waals surface area contributed by atoms with Crippen LogP contribution in [0.3, 0.4) is 0 Å². The van der Waals surface area contributed by atoms with E-state index in [2.05, 4.69) is 16.8 Å². The molecule has 3 heteroatoms. The first-order chi connectivity index (χ1) is 6.86. The van der Waals surface area contributed by atoms with E-state index in [0.29, 0.717) is 0 Å². The number of hydrogen-bond donors (Lipinski definition) is 0. The van der Waals surface area contributed by atoms with Crippen molar-refractivity contribution in [3.05, 3.63) is 51.4 Å². The molecule has 0 bridgehead atoms. The number of rotatable bonds is 0. The largest absolute Gasteiger partial charge is 0.248 e. The van der Waals surface area contributed by atoms with Gasteiger partial charge < -0.3 is 0 Å².